The van der Waals surface area contributed by atoms with Crippen LogP contribution in [-0.2, 0) is 51.4 Å². The van der Waals surface area contributed by atoms with Gasteiger partial charge in [-0.25, -0.2) is 0 Å². The third kappa shape index (κ3) is 25.7. The fourth-order valence-corrected chi connectivity index (χ4v) is 12.4. The van der Waals surface area contributed by atoms with E-state index in [2.05, 4.69) is 260 Å². The zero-order chi connectivity index (χ0) is 66.2. The molecule has 7 aromatic rings. The van der Waals surface area contributed by atoms with Gasteiger partial charge in [0.05, 0.1) is 0 Å². The number of hydrogen-bond acceptors (Lipinski definition) is 0. The minimum Gasteiger partial charge on any atom is -0.0654 e. The second-order valence-corrected chi connectivity index (χ2v) is 26.0. The van der Waals surface area contributed by atoms with Crippen molar-refractivity contribution in [2.75, 3.05) is 0 Å². The van der Waals surface area contributed by atoms with Crippen molar-refractivity contribution in [3.63, 3.8) is 0 Å². The molecule has 0 amide bonds. The van der Waals surface area contributed by atoms with E-state index in [9.17, 15) is 0 Å². The van der Waals surface area contributed by atoms with Crippen molar-refractivity contribution in [2.24, 2.45) is 0 Å². The molecule has 0 aliphatic heterocycles. The van der Waals surface area contributed by atoms with Crippen molar-refractivity contribution in [3.8, 4) is 71.0 Å². The Morgan fingerprint density at radius 1 is 0.181 bits per heavy atom. The second-order valence-electron chi connectivity index (χ2n) is 26.0. The van der Waals surface area contributed by atoms with Gasteiger partial charge < -0.3 is 0 Å². The third-order valence-electron chi connectivity index (χ3n) is 18.5. The van der Waals surface area contributed by atoms with Crippen LogP contribution in [0.1, 0.15) is 321 Å². The summed E-state index contributed by atoms with van der Waals surface area (Å²) in [5.41, 5.74) is 23.1. The first-order valence-electron chi connectivity index (χ1n) is 37.2. The van der Waals surface area contributed by atoms with E-state index in [-0.39, 0.29) is 0 Å². The monoisotopic (exact) mass is 1240 g/mol. The van der Waals surface area contributed by atoms with Crippen molar-refractivity contribution in [2.45, 2.75) is 261 Å². The highest BCUT2D eigenvalue weighted by Crippen LogP contribution is 2.26. The topological polar surface area (TPSA) is 0 Å². The molecule has 0 saturated carbocycles. The molecule has 0 fully saturated rings. The summed E-state index contributed by atoms with van der Waals surface area (Å²) in [4.78, 5) is 0. The van der Waals surface area contributed by atoms with Gasteiger partial charge in [0.2, 0.25) is 0 Å². The standard InChI is InChI=1S/C94H110/c1-9-17-21-25-29-33-37-75-41-45-77(46-42-75)49-51-79-53-57-81(58-54-79)61-63-89-69-85(15-7)91(71-83(89)13-5)65-67-93-73-88(40-36-32-28-24-20-12-4)94(74-87(93)39-35-31-27-23-19-11-3)68-66-92-72-84(14-6)90(70-86(92)16-8)64-62-82-59-55-80(56-60-82)52-50-78-47-43-76(44-48-78)38-34-30-26-22-18-10-2/h41-48,53-60,69-74H,9-40H2,1-8H3. The molecule has 486 valence electrons. The van der Waals surface area contributed by atoms with Crippen LogP contribution in [0.2, 0.25) is 0 Å². The summed E-state index contributed by atoms with van der Waals surface area (Å²) in [5, 5.41) is 0. The highest BCUT2D eigenvalue weighted by atomic mass is 14.2. The van der Waals surface area contributed by atoms with Gasteiger partial charge in [-0.05, 0) is 231 Å². The fraction of sp³-hybridized carbons (Fsp3) is 0.426. The van der Waals surface area contributed by atoms with Crippen molar-refractivity contribution >= 4 is 0 Å². The van der Waals surface area contributed by atoms with Crippen LogP contribution in [-0.4, -0.2) is 0 Å². The van der Waals surface area contributed by atoms with E-state index in [1.165, 1.54) is 186 Å². The summed E-state index contributed by atoms with van der Waals surface area (Å²) in [6, 6.07) is 48.5. The van der Waals surface area contributed by atoms with E-state index < -0.39 is 0 Å². The van der Waals surface area contributed by atoms with Crippen LogP contribution in [0.3, 0.4) is 0 Å². The molecule has 94 heavy (non-hydrogen) atoms. The van der Waals surface area contributed by atoms with Gasteiger partial charge in [-0.1, -0.05) is 279 Å². The first-order chi connectivity index (χ1) is 46.3. The number of hydrogen-bond donors (Lipinski definition) is 0. The Labute approximate surface area is 573 Å². The lowest BCUT2D eigenvalue weighted by atomic mass is 9.91. The molecule has 7 rings (SSSR count). The summed E-state index contributed by atoms with van der Waals surface area (Å²) < 4.78 is 0. The van der Waals surface area contributed by atoms with Crippen LogP contribution in [0.25, 0.3) is 0 Å². The molecule has 0 aliphatic rings. The van der Waals surface area contributed by atoms with Crippen molar-refractivity contribution < 1.29 is 0 Å². The van der Waals surface area contributed by atoms with Gasteiger partial charge in [0.25, 0.3) is 0 Å². The average Bonchev–Trinajstić information content (AvgIpc) is 0.894. The lowest BCUT2D eigenvalue weighted by molar-refractivity contribution is 0.605. The Bertz CT molecular complexity index is 3570. The maximum absolute atomic E-state index is 3.82. The summed E-state index contributed by atoms with van der Waals surface area (Å²) in [6.45, 7) is 18.1. The van der Waals surface area contributed by atoms with Gasteiger partial charge in [-0.15, -0.1) is 0 Å². The Hall–Kier alpha value is -8.10. The van der Waals surface area contributed by atoms with Crippen molar-refractivity contribution in [3.05, 3.63) is 245 Å². The molecule has 7 aromatic carbocycles. The summed E-state index contributed by atoms with van der Waals surface area (Å²) in [6.07, 6.45) is 38.7. The number of aryl methyl sites for hydroxylation is 8. The zero-order valence-corrected chi connectivity index (χ0v) is 59.3. The molecule has 0 aromatic heterocycles. The molecular weight excluding hydrogens is 1130 g/mol. The molecular formula is C94H110. The average molecular weight is 1240 g/mol. The maximum atomic E-state index is 3.82. The molecule has 0 bridgehead atoms. The predicted octanol–water partition coefficient (Wildman–Crippen LogP) is 23.9. The van der Waals surface area contributed by atoms with Gasteiger partial charge in [-0.3, -0.25) is 0 Å². The summed E-state index contributed by atoms with van der Waals surface area (Å²) in [5.74, 6) is 42.8. The minimum absolute atomic E-state index is 0.882. The summed E-state index contributed by atoms with van der Waals surface area (Å²) >= 11 is 0. The third-order valence-corrected chi connectivity index (χ3v) is 18.5. The first kappa shape index (κ1) is 73.3. The Balaban J connectivity index is 1.11. The molecule has 0 radical (unpaired) electrons. The highest BCUT2D eigenvalue weighted by molar-refractivity contribution is 5.61. The second kappa shape index (κ2) is 43.0. The molecule has 0 heteroatoms. The minimum atomic E-state index is 0.882. The largest absolute Gasteiger partial charge is 0.0654 e. The lowest BCUT2D eigenvalue weighted by Crippen LogP contribution is -2.00. The molecule has 0 nitrogen and oxygen atoms in total. The van der Waals surface area contributed by atoms with Crippen molar-refractivity contribution in [1.82, 2.24) is 0 Å². The molecule has 0 unspecified atom stereocenters. The van der Waals surface area contributed by atoms with Gasteiger partial charge in [0.15, 0.2) is 0 Å². The molecule has 0 heterocycles. The van der Waals surface area contributed by atoms with E-state index >= 15 is 0 Å². The molecule has 0 aliphatic carbocycles. The van der Waals surface area contributed by atoms with Gasteiger partial charge >= 0.3 is 0 Å². The van der Waals surface area contributed by atoms with E-state index in [4.69, 9.17) is 0 Å². The molecule has 0 atom stereocenters. The van der Waals surface area contributed by atoms with Crippen LogP contribution >= 0.6 is 0 Å². The van der Waals surface area contributed by atoms with Crippen LogP contribution in [0, 0.1) is 71.0 Å². The Kier molecular flexibility index (Phi) is 33.5. The van der Waals surface area contributed by atoms with Crippen LogP contribution in [0.5, 0.6) is 0 Å². The molecule has 0 spiro atoms. The Morgan fingerprint density at radius 2 is 0.362 bits per heavy atom. The predicted molar refractivity (Wildman–Crippen MR) is 407 cm³/mol. The van der Waals surface area contributed by atoms with Gasteiger partial charge in [0, 0.05) is 66.8 Å². The molecule has 0 saturated heterocycles. The zero-order valence-electron chi connectivity index (χ0n) is 59.3. The number of benzene rings is 7. The van der Waals surface area contributed by atoms with Crippen LogP contribution in [0.4, 0.5) is 0 Å². The molecule has 0 N–H and O–H groups in total. The maximum Gasteiger partial charge on any atom is 0.0284 e. The smallest absolute Gasteiger partial charge is 0.0284 e. The highest BCUT2D eigenvalue weighted by Gasteiger charge is 2.13. The summed E-state index contributed by atoms with van der Waals surface area (Å²) in [7, 11) is 0. The van der Waals surface area contributed by atoms with E-state index in [0.717, 1.165) is 131 Å². The fourth-order valence-electron chi connectivity index (χ4n) is 12.4. The van der Waals surface area contributed by atoms with Crippen molar-refractivity contribution in [1.29, 1.82) is 0 Å². The van der Waals surface area contributed by atoms with E-state index in [0.29, 0.717) is 0 Å². The van der Waals surface area contributed by atoms with Gasteiger partial charge in [0.1, 0.15) is 0 Å². The number of unbranched alkanes of at least 4 members (excludes halogenated alkanes) is 20. The van der Waals surface area contributed by atoms with Gasteiger partial charge in [-0.2, -0.15) is 0 Å². The van der Waals surface area contributed by atoms with E-state index in [1.807, 2.05) is 0 Å². The quantitative estimate of drug-likeness (QED) is 0.0291. The van der Waals surface area contributed by atoms with E-state index in [1.54, 1.807) is 0 Å². The van der Waals surface area contributed by atoms with Crippen LogP contribution in [0.15, 0.2) is 133 Å². The number of rotatable bonds is 32. The SMILES string of the molecule is CCCCCCCCc1ccc(C#Cc2ccc(C#Cc3cc(CC)c(C#Cc4cc(CCCCCCCC)c(C#Cc5cc(CC)c(C#Cc6ccc(C#Cc7ccc(CCCCCCCC)cc7)cc6)cc5CC)cc4CCCCCCCC)cc3CC)cc2)cc1. The normalized spacial score (nSPS) is 10.6. The lowest BCUT2D eigenvalue weighted by Gasteiger charge is -2.13. The van der Waals surface area contributed by atoms with Crippen LogP contribution < -0.4 is 0 Å². The first-order valence-corrected chi connectivity index (χ1v) is 37.2. The Morgan fingerprint density at radius 3 is 0.606 bits per heavy atom.